The van der Waals surface area contributed by atoms with Gasteiger partial charge in [0, 0.05) is 34.2 Å². The number of benzene rings is 1. The van der Waals surface area contributed by atoms with Gasteiger partial charge in [-0.25, -0.2) is 0 Å². The molecular formula is C17H21N3S. The highest BCUT2D eigenvalue weighted by molar-refractivity contribution is 7.09. The van der Waals surface area contributed by atoms with Crippen molar-refractivity contribution in [2.45, 2.75) is 32.9 Å². The number of nitrogens with one attached hydrogen (secondary N) is 1. The first-order valence-electron chi connectivity index (χ1n) is 7.41. The van der Waals surface area contributed by atoms with E-state index in [9.17, 15) is 0 Å². The zero-order chi connectivity index (χ0) is 14.7. The SMILES string of the molecule is CC(C)NCCc1cn(Cc2cncs2)c2ccccc12. The van der Waals surface area contributed by atoms with Gasteiger partial charge in [0.15, 0.2) is 0 Å². The number of para-hydroxylation sites is 1. The maximum absolute atomic E-state index is 4.17. The molecule has 0 aliphatic carbocycles. The van der Waals surface area contributed by atoms with Gasteiger partial charge in [0.1, 0.15) is 0 Å². The second kappa shape index (κ2) is 6.41. The summed E-state index contributed by atoms with van der Waals surface area (Å²) in [5, 5.41) is 4.86. The third-order valence-electron chi connectivity index (χ3n) is 3.63. The minimum atomic E-state index is 0.538. The van der Waals surface area contributed by atoms with Crippen LogP contribution in [0.25, 0.3) is 10.9 Å². The van der Waals surface area contributed by atoms with Crippen LogP contribution in [-0.2, 0) is 13.0 Å². The Kier molecular flexibility index (Phi) is 4.36. The molecule has 0 fully saturated rings. The molecule has 1 aromatic carbocycles. The Bertz CT molecular complexity index is 698. The minimum absolute atomic E-state index is 0.538. The summed E-state index contributed by atoms with van der Waals surface area (Å²) in [7, 11) is 0. The van der Waals surface area contributed by atoms with Crippen molar-refractivity contribution < 1.29 is 0 Å². The van der Waals surface area contributed by atoms with Gasteiger partial charge in [-0.3, -0.25) is 4.98 Å². The number of nitrogens with zero attached hydrogens (tertiary/aromatic N) is 2. The lowest BCUT2D eigenvalue weighted by molar-refractivity contribution is 0.590. The monoisotopic (exact) mass is 299 g/mol. The van der Waals surface area contributed by atoms with Crippen LogP contribution in [0, 0.1) is 0 Å². The maximum atomic E-state index is 4.17. The molecule has 21 heavy (non-hydrogen) atoms. The summed E-state index contributed by atoms with van der Waals surface area (Å²) in [5.74, 6) is 0. The highest BCUT2D eigenvalue weighted by Gasteiger charge is 2.09. The van der Waals surface area contributed by atoms with E-state index in [1.54, 1.807) is 11.3 Å². The van der Waals surface area contributed by atoms with Crippen molar-refractivity contribution in [2.75, 3.05) is 6.54 Å². The van der Waals surface area contributed by atoms with Crippen LogP contribution in [-0.4, -0.2) is 22.1 Å². The molecule has 0 bridgehead atoms. The molecule has 0 spiro atoms. The molecule has 0 amide bonds. The predicted octanol–water partition coefficient (Wildman–Crippen LogP) is 3.69. The van der Waals surface area contributed by atoms with Crippen molar-refractivity contribution in [3.63, 3.8) is 0 Å². The van der Waals surface area contributed by atoms with Crippen molar-refractivity contribution >= 4 is 22.2 Å². The predicted molar refractivity (Wildman–Crippen MR) is 90.0 cm³/mol. The summed E-state index contributed by atoms with van der Waals surface area (Å²) in [5.41, 5.74) is 4.63. The Labute approximate surface area is 129 Å². The van der Waals surface area contributed by atoms with Gasteiger partial charge < -0.3 is 9.88 Å². The third kappa shape index (κ3) is 3.34. The topological polar surface area (TPSA) is 29.9 Å². The molecule has 4 heteroatoms. The number of aromatic nitrogens is 2. The van der Waals surface area contributed by atoms with E-state index in [-0.39, 0.29) is 0 Å². The lowest BCUT2D eigenvalue weighted by Gasteiger charge is -2.06. The Morgan fingerprint density at radius 3 is 2.90 bits per heavy atom. The summed E-state index contributed by atoms with van der Waals surface area (Å²) in [6, 6.07) is 9.20. The Balaban J connectivity index is 1.86. The molecule has 0 saturated carbocycles. The number of hydrogen-bond acceptors (Lipinski definition) is 3. The molecule has 2 heterocycles. The zero-order valence-corrected chi connectivity index (χ0v) is 13.4. The molecule has 0 radical (unpaired) electrons. The Morgan fingerprint density at radius 1 is 1.29 bits per heavy atom. The van der Waals surface area contributed by atoms with E-state index in [0.717, 1.165) is 19.5 Å². The summed E-state index contributed by atoms with van der Waals surface area (Å²) in [4.78, 5) is 5.46. The van der Waals surface area contributed by atoms with Gasteiger partial charge >= 0.3 is 0 Å². The van der Waals surface area contributed by atoms with Crippen LogP contribution < -0.4 is 5.32 Å². The summed E-state index contributed by atoms with van der Waals surface area (Å²) in [6.45, 7) is 6.30. The van der Waals surface area contributed by atoms with Crippen molar-refractivity contribution in [1.29, 1.82) is 0 Å². The number of thiazole rings is 1. The molecule has 1 N–H and O–H groups in total. The first-order valence-corrected chi connectivity index (χ1v) is 8.29. The first kappa shape index (κ1) is 14.3. The van der Waals surface area contributed by atoms with Crippen LogP contribution in [0.2, 0.25) is 0 Å². The largest absolute Gasteiger partial charge is 0.342 e. The normalized spacial score (nSPS) is 11.6. The molecule has 0 saturated heterocycles. The number of rotatable bonds is 6. The van der Waals surface area contributed by atoms with Gasteiger partial charge in [-0.15, -0.1) is 11.3 Å². The molecular weight excluding hydrogens is 278 g/mol. The van der Waals surface area contributed by atoms with E-state index < -0.39 is 0 Å². The van der Waals surface area contributed by atoms with Gasteiger partial charge in [0.05, 0.1) is 12.1 Å². The fourth-order valence-corrected chi connectivity index (χ4v) is 3.23. The van der Waals surface area contributed by atoms with E-state index in [1.807, 2.05) is 11.7 Å². The summed E-state index contributed by atoms with van der Waals surface area (Å²) >= 11 is 1.71. The van der Waals surface area contributed by atoms with Gasteiger partial charge in [-0.05, 0) is 24.6 Å². The Hall–Kier alpha value is -1.65. The molecule has 3 rings (SSSR count). The second-order valence-electron chi connectivity index (χ2n) is 5.63. The van der Waals surface area contributed by atoms with E-state index >= 15 is 0 Å². The average molecular weight is 299 g/mol. The van der Waals surface area contributed by atoms with Crippen molar-refractivity contribution in [3.05, 3.63) is 52.6 Å². The first-order chi connectivity index (χ1) is 10.2. The van der Waals surface area contributed by atoms with Gasteiger partial charge in [0.25, 0.3) is 0 Å². The fourth-order valence-electron chi connectivity index (χ4n) is 2.64. The highest BCUT2D eigenvalue weighted by Crippen LogP contribution is 2.23. The van der Waals surface area contributed by atoms with Crippen molar-refractivity contribution in [3.8, 4) is 0 Å². The second-order valence-corrected chi connectivity index (χ2v) is 6.60. The van der Waals surface area contributed by atoms with Gasteiger partial charge in [0.2, 0.25) is 0 Å². The van der Waals surface area contributed by atoms with E-state index in [4.69, 9.17) is 0 Å². The molecule has 0 atom stereocenters. The van der Waals surface area contributed by atoms with E-state index in [0.29, 0.717) is 6.04 Å². The lowest BCUT2D eigenvalue weighted by Crippen LogP contribution is -2.24. The van der Waals surface area contributed by atoms with Crippen LogP contribution in [0.1, 0.15) is 24.3 Å². The van der Waals surface area contributed by atoms with E-state index in [1.165, 1.54) is 21.3 Å². The molecule has 3 nitrogen and oxygen atoms in total. The van der Waals surface area contributed by atoms with Crippen molar-refractivity contribution in [2.24, 2.45) is 0 Å². The lowest BCUT2D eigenvalue weighted by atomic mass is 10.1. The van der Waals surface area contributed by atoms with Gasteiger partial charge in [-0.1, -0.05) is 32.0 Å². The molecule has 0 aliphatic heterocycles. The molecule has 110 valence electrons. The highest BCUT2D eigenvalue weighted by atomic mass is 32.1. The molecule has 3 aromatic rings. The third-order valence-corrected chi connectivity index (χ3v) is 4.39. The molecule has 0 unspecified atom stereocenters. The maximum Gasteiger partial charge on any atom is 0.0794 e. The quantitative estimate of drug-likeness (QED) is 0.752. The fraction of sp³-hybridized carbons (Fsp3) is 0.353. The summed E-state index contributed by atoms with van der Waals surface area (Å²) in [6.07, 6.45) is 5.32. The van der Waals surface area contributed by atoms with Crippen molar-refractivity contribution in [1.82, 2.24) is 14.9 Å². The van der Waals surface area contributed by atoms with Crippen LogP contribution in [0.4, 0.5) is 0 Å². The van der Waals surface area contributed by atoms with Crippen LogP contribution in [0.5, 0.6) is 0 Å². The average Bonchev–Trinajstić information content (AvgIpc) is 3.09. The smallest absolute Gasteiger partial charge is 0.0794 e. The molecule has 2 aromatic heterocycles. The standard InChI is InChI=1S/C17H21N3S/c1-13(2)19-8-7-14-10-20(11-15-9-18-12-21-15)17-6-4-3-5-16(14)17/h3-6,9-10,12-13,19H,7-8,11H2,1-2H3. The summed E-state index contributed by atoms with van der Waals surface area (Å²) < 4.78 is 2.34. The van der Waals surface area contributed by atoms with E-state index in [2.05, 4.69) is 59.2 Å². The minimum Gasteiger partial charge on any atom is -0.342 e. The number of fused-ring (bicyclic) bond motifs is 1. The zero-order valence-electron chi connectivity index (χ0n) is 12.5. The molecule has 0 aliphatic rings. The number of hydrogen-bond donors (Lipinski definition) is 1. The van der Waals surface area contributed by atoms with Crippen LogP contribution in [0.3, 0.4) is 0 Å². The Morgan fingerprint density at radius 2 is 2.14 bits per heavy atom. The van der Waals surface area contributed by atoms with Crippen LogP contribution in [0.15, 0.2) is 42.2 Å². The van der Waals surface area contributed by atoms with Crippen LogP contribution >= 0.6 is 11.3 Å². The van der Waals surface area contributed by atoms with Gasteiger partial charge in [-0.2, -0.15) is 0 Å².